The van der Waals surface area contributed by atoms with Crippen molar-refractivity contribution in [2.75, 3.05) is 11.9 Å². The van der Waals surface area contributed by atoms with Gasteiger partial charge in [-0.15, -0.1) is 0 Å². The number of hydrogen-bond acceptors (Lipinski definition) is 5. The molecule has 4 N–H and O–H groups in total. The molecule has 0 radical (unpaired) electrons. The Morgan fingerprint density at radius 1 is 0.923 bits per heavy atom. The van der Waals surface area contributed by atoms with Crippen LogP contribution in [0.15, 0.2) is 24.3 Å². The van der Waals surface area contributed by atoms with Crippen molar-refractivity contribution >= 4 is 29.6 Å². The lowest BCUT2D eigenvalue weighted by atomic mass is 10.2. The molecule has 9 nitrogen and oxygen atoms in total. The van der Waals surface area contributed by atoms with E-state index in [1.54, 1.807) is 39.8 Å². The summed E-state index contributed by atoms with van der Waals surface area (Å²) >= 11 is 0. The number of benzene rings is 1. The third-order valence-corrected chi connectivity index (χ3v) is 2.82. The molecule has 0 saturated heterocycles. The Balaban J connectivity index is 2.63. The van der Waals surface area contributed by atoms with Gasteiger partial charge in [0.05, 0.1) is 11.3 Å². The maximum absolute atomic E-state index is 12.2. The molecule has 142 valence electrons. The molecule has 0 bridgehead atoms. The zero-order valence-electron chi connectivity index (χ0n) is 15.2. The lowest BCUT2D eigenvalue weighted by molar-refractivity contribution is -0.123. The molecule has 0 fully saturated rings. The van der Waals surface area contributed by atoms with Crippen LogP contribution in [0.4, 0.5) is 15.3 Å². The predicted octanol–water partition coefficient (Wildman–Crippen LogP) is 1.61. The van der Waals surface area contributed by atoms with Gasteiger partial charge >= 0.3 is 18.0 Å². The van der Waals surface area contributed by atoms with Gasteiger partial charge in [-0.3, -0.25) is 10.1 Å². The minimum absolute atomic E-state index is 0.0743. The highest BCUT2D eigenvalue weighted by atomic mass is 16.5. The molecule has 0 unspecified atom stereocenters. The summed E-state index contributed by atoms with van der Waals surface area (Å²) in [5.41, 5.74) is 0.333. The molecule has 5 amide bonds. The molecule has 0 aromatic heterocycles. The van der Waals surface area contributed by atoms with E-state index in [4.69, 9.17) is 4.74 Å². The van der Waals surface area contributed by atoms with Crippen LogP contribution in [-0.4, -0.2) is 42.6 Å². The van der Waals surface area contributed by atoms with Gasteiger partial charge in [-0.25, -0.2) is 14.4 Å². The van der Waals surface area contributed by atoms with Crippen LogP contribution in [0.2, 0.25) is 0 Å². The molecular weight excluding hydrogens is 340 g/mol. The van der Waals surface area contributed by atoms with E-state index >= 15 is 0 Å². The van der Waals surface area contributed by atoms with Crippen LogP contribution in [0.5, 0.6) is 0 Å². The Morgan fingerprint density at radius 2 is 1.50 bits per heavy atom. The zero-order chi connectivity index (χ0) is 19.7. The normalized spacial score (nSPS) is 10.2. The fraction of sp³-hybridized carbons (Fsp3) is 0.412. The van der Waals surface area contributed by atoms with Crippen LogP contribution >= 0.6 is 0 Å². The summed E-state index contributed by atoms with van der Waals surface area (Å²) in [5, 5.41) is 9.70. The third-order valence-electron chi connectivity index (χ3n) is 2.82. The first-order valence-electron chi connectivity index (χ1n) is 8.13. The molecule has 0 aliphatic heterocycles. The zero-order valence-corrected chi connectivity index (χ0v) is 15.2. The molecular formula is C17H24N4O5. The number of para-hydroxylation sites is 1. The molecule has 26 heavy (non-hydrogen) atoms. The van der Waals surface area contributed by atoms with E-state index in [9.17, 15) is 19.2 Å². The van der Waals surface area contributed by atoms with Crippen LogP contribution < -0.4 is 21.3 Å². The third kappa shape index (κ3) is 7.65. The first kappa shape index (κ1) is 20.9. The van der Waals surface area contributed by atoms with E-state index in [0.717, 1.165) is 0 Å². The molecule has 0 atom stereocenters. The minimum atomic E-state index is -0.801. The van der Waals surface area contributed by atoms with E-state index in [2.05, 4.69) is 16.0 Å². The number of imide groups is 1. The molecule has 0 aliphatic carbocycles. The Morgan fingerprint density at radius 3 is 2.12 bits per heavy atom. The molecule has 0 heterocycles. The van der Waals surface area contributed by atoms with E-state index in [1.807, 2.05) is 5.32 Å². The average Bonchev–Trinajstić information content (AvgIpc) is 2.51. The Labute approximate surface area is 151 Å². The van der Waals surface area contributed by atoms with E-state index in [1.165, 1.54) is 12.1 Å². The van der Waals surface area contributed by atoms with Gasteiger partial charge in [0.15, 0.2) is 6.61 Å². The second-order valence-electron chi connectivity index (χ2n) is 6.05. The number of hydrogen-bond donors (Lipinski definition) is 4. The smallest absolute Gasteiger partial charge is 0.340 e. The molecule has 1 rings (SSSR count). The standard InChI is InChI=1S/C17H24N4O5/c1-10(2)18-16(24)20-13-8-6-5-7-12(13)15(23)26-9-14(22)21-17(25)19-11(3)4/h5-8,10-11H,9H2,1-4H3,(H2,18,20,24)(H2,19,21,22,25). The van der Waals surface area contributed by atoms with Crippen molar-refractivity contribution in [2.24, 2.45) is 0 Å². The summed E-state index contributed by atoms with van der Waals surface area (Å²) < 4.78 is 4.90. The van der Waals surface area contributed by atoms with Gasteiger partial charge in [0.1, 0.15) is 0 Å². The number of anilines is 1. The average molecular weight is 364 g/mol. The van der Waals surface area contributed by atoms with Crippen molar-refractivity contribution < 1.29 is 23.9 Å². The number of nitrogens with one attached hydrogen (secondary N) is 4. The number of urea groups is 2. The number of ether oxygens (including phenoxy) is 1. The van der Waals surface area contributed by atoms with Crippen molar-refractivity contribution in [3.63, 3.8) is 0 Å². The lowest BCUT2D eigenvalue weighted by Gasteiger charge is -2.13. The Bertz CT molecular complexity index is 673. The largest absolute Gasteiger partial charge is 0.452 e. The number of amides is 5. The van der Waals surface area contributed by atoms with Gasteiger partial charge in [-0.2, -0.15) is 0 Å². The molecule has 0 saturated carbocycles. The van der Waals surface area contributed by atoms with Gasteiger partial charge in [0.2, 0.25) is 0 Å². The van der Waals surface area contributed by atoms with E-state index < -0.39 is 30.5 Å². The topological polar surface area (TPSA) is 126 Å². The lowest BCUT2D eigenvalue weighted by Crippen LogP contribution is -2.44. The van der Waals surface area contributed by atoms with Crippen molar-refractivity contribution in [1.29, 1.82) is 0 Å². The first-order valence-corrected chi connectivity index (χ1v) is 8.13. The second kappa shape index (κ2) is 10.0. The van der Waals surface area contributed by atoms with Gasteiger partial charge in [-0.1, -0.05) is 12.1 Å². The Hall–Kier alpha value is -3.10. The first-order chi connectivity index (χ1) is 12.2. The van der Waals surface area contributed by atoms with Gasteiger partial charge in [0, 0.05) is 12.1 Å². The fourth-order valence-corrected chi connectivity index (χ4v) is 1.86. The van der Waals surface area contributed by atoms with Crippen LogP contribution in [0.3, 0.4) is 0 Å². The summed E-state index contributed by atoms with van der Waals surface area (Å²) in [7, 11) is 0. The van der Waals surface area contributed by atoms with Crippen molar-refractivity contribution in [1.82, 2.24) is 16.0 Å². The predicted molar refractivity (Wildman–Crippen MR) is 95.8 cm³/mol. The highest BCUT2D eigenvalue weighted by molar-refractivity contribution is 6.02. The molecule has 0 aliphatic rings. The maximum atomic E-state index is 12.2. The van der Waals surface area contributed by atoms with Crippen molar-refractivity contribution in [2.45, 2.75) is 39.8 Å². The molecule has 9 heteroatoms. The van der Waals surface area contributed by atoms with Crippen molar-refractivity contribution in [3.8, 4) is 0 Å². The van der Waals surface area contributed by atoms with Crippen molar-refractivity contribution in [3.05, 3.63) is 29.8 Å². The monoisotopic (exact) mass is 364 g/mol. The van der Waals surface area contributed by atoms with Crippen LogP contribution in [0.25, 0.3) is 0 Å². The highest BCUT2D eigenvalue weighted by Crippen LogP contribution is 2.16. The number of carbonyl (C=O) groups is 4. The second-order valence-corrected chi connectivity index (χ2v) is 6.05. The van der Waals surface area contributed by atoms with Gasteiger partial charge in [-0.05, 0) is 39.8 Å². The van der Waals surface area contributed by atoms with Gasteiger partial charge < -0.3 is 20.7 Å². The SMILES string of the molecule is CC(C)NC(=O)NC(=O)COC(=O)c1ccccc1NC(=O)NC(C)C. The number of esters is 1. The summed E-state index contributed by atoms with van der Waals surface area (Å²) in [4.78, 5) is 47.0. The number of carbonyl (C=O) groups excluding carboxylic acids is 4. The minimum Gasteiger partial charge on any atom is -0.452 e. The number of rotatable bonds is 6. The summed E-state index contributed by atoms with van der Waals surface area (Å²) in [5.74, 6) is -1.57. The van der Waals surface area contributed by atoms with Gasteiger partial charge in [0.25, 0.3) is 5.91 Å². The highest BCUT2D eigenvalue weighted by Gasteiger charge is 2.17. The summed E-state index contributed by atoms with van der Waals surface area (Å²) in [6, 6.07) is 4.87. The Kier molecular flexibility index (Phi) is 8.07. The van der Waals surface area contributed by atoms with E-state index in [-0.39, 0.29) is 23.3 Å². The molecule has 1 aromatic carbocycles. The summed E-state index contributed by atoms with van der Waals surface area (Å²) in [6.45, 7) is 6.45. The maximum Gasteiger partial charge on any atom is 0.340 e. The van der Waals surface area contributed by atoms with Crippen LogP contribution in [-0.2, 0) is 9.53 Å². The summed E-state index contributed by atoms with van der Waals surface area (Å²) in [6.07, 6.45) is 0. The van der Waals surface area contributed by atoms with Crippen LogP contribution in [0, 0.1) is 0 Å². The quantitative estimate of drug-likeness (QED) is 0.571. The molecule has 0 spiro atoms. The fourth-order valence-electron chi connectivity index (χ4n) is 1.86. The van der Waals surface area contributed by atoms with Crippen LogP contribution in [0.1, 0.15) is 38.1 Å². The molecule has 1 aromatic rings. The van der Waals surface area contributed by atoms with E-state index in [0.29, 0.717) is 0 Å².